The lowest BCUT2D eigenvalue weighted by molar-refractivity contribution is 0.0418. The maximum atomic E-state index is 13.1. The van der Waals surface area contributed by atoms with E-state index in [0.717, 1.165) is 19.3 Å². The fourth-order valence-electron chi connectivity index (χ4n) is 4.45. The molecule has 36 heavy (non-hydrogen) atoms. The van der Waals surface area contributed by atoms with Crippen LogP contribution in [0.5, 0.6) is 11.5 Å². The Kier molecular flexibility index (Phi) is 8.72. The van der Waals surface area contributed by atoms with Crippen LogP contribution < -0.4 is 20.1 Å². The van der Waals surface area contributed by atoms with Crippen molar-refractivity contribution in [3.8, 4) is 11.5 Å². The van der Waals surface area contributed by atoms with E-state index in [4.69, 9.17) is 9.47 Å². The van der Waals surface area contributed by atoms with Crippen LogP contribution in [0.1, 0.15) is 61.2 Å². The van der Waals surface area contributed by atoms with Gasteiger partial charge < -0.3 is 14.8 Å². The Morgan fingerprint density at radius 2 is 1.97 bits per heavy atom. The molecule has 1 aromatic carbocycles. The molecule has 7 nitrogen and oxygen atoms in total. The van der Waals surface area contributed by atoms with Crippen LogP contribution in [0.15, 0.2) is 54.0 Å². The van der Waals surface area contributed by atoms with Crippen molar-refractivity contribution in [2.24, 2.45) is 5.41 Å². The molecule has 2 atom stereocenters. The molecule has 2 N–H and O–H groups in total. The molecule has 2 aromatic heterocycles. The minimum Gasteiger partial charge on any atom is -0.493 e. The van der Waals surface area contributed by atoms with E-state index < -0.39 is 8.03 Å². The topological polar surface area (TPSA) is 97.8 Å². The van der Waals surface area contributed by atoms with Gasteiger partial charge in [-0.3, -0.25) is 4.79 Å². The smallest absolute Gasteiger partial charge is 0.493 e. The van der Waals surface area contributed by atoms with Crippen LogP contribution >= 0.6 is 19.4 Å². The summed E-state index contributed by atoms with van der Waals surface area (Å²) in [6.45, 7) is 4.87. The normalized spacial score (nSPS) is 16.1. The van der Waals surface area contributed by atoms with Crippen molar-refractivity contribution in [2.45, 2.75) is 58.5 Å². The maximum absolute atomic E-state index is 13.1. The number of carbonyl (C=O) groups excluding carboxylic acids is 1. The van der Waals surface area contributed by atoms with Crippen molar-refractivity contribution >= 4 is 36.4 Å². The molecular formula is C27H32N2O5PS+. The number of hydrogen-bond donors (Lipinski definition) is 2. The van der Waals surface area contributed by atoms with Crippen molar-refractivity contribution in [3.63, 3.8) is 0 Å². The number of aromatic nitrogens is 1. The highest BCUT2D eigenvalue weighted by atomic mass is 32.1. The summed E-state index contributed by atoms with van der Waals surface area (Å²) in [4.78, 5) is 27.6. The number of ether oxygens (including phenoxy) is 2. The Morgan fingerprint density at radius 3 is 2.64 bits per heavy atom. The summed E-state index contributed by atoms with van der Waals surface area (Å²) in [5.41, 5.74) is 0.481. The predicted molar refractivity (Wildman–Crippen MR) is 143 cm³/mol. The number of anilines is 1. The van der Waals surface area contributed by atoms with Crippen LogP contribution in [0.25, 0.3) is 0 Å². The standard InChI is InChI=1S/C27H31N2O5PS/c1-19(27(2)11-4-3-5-12-27)34-22-16-20(15-21(17-22)33-13-10-24-7-6-14-36-24)26(30)29-25-9-8-23(18-28-25)35(31)32/h6-9,14-19H,3-5,10-13H2,1-2H3,(H-,28,29,30,31,32)/p+1. The molecule has 0 saturated heterocycles. The molecule has 0 spiro atoms. The Morgan fingerprint density at radius 1 is 1.19 bits per heavy atom. The third-order valence-corrected chi connectivity index (χ3v) is 8.48. The summed E-state index contributed by atoms with van der Waals surface area (Å²) in [6.07, 6.45) is 7.98. The van der Waals surface area contributed by atoms with Crippen LogP contribution in [0.2, 0.25) is 0 Å². The highest BCUT2D eigenvalue weighted by molar-refractivity contribution is 7.47. The zero-order valence-corrected chi connectivity index (χ0v) is 22.3. The number of rotatable bonds is 10. The molecule has 2 unspecified atom stereocenters. The molecule has 1 aliphatic rings. The molecule has 0 radical (unpaired) electrons. The largest absolute Gasteiger partial charge is 0.547 e. The molecule has 1 saturated carbocycles. The lowest BCUT2D eigenvalue weighted by Crippen LogP contribution is -2.36. The van der Waals surface area contributed by atoms with E-state index in [9.17, 15) is 14.3 Å². The van der Waals surface area contributed by atoms with E-state index >= 15 is 0 Å². The average molecular weight is 528 g/mol. The first kappa shape index (κ1) is 26.3. The first-order valence-corrected chi connectivity index (χ1v) is 14.3. The van der Waals surface area contributed by atoms with Crippen molar-refractivity contribution in [2.75, 3.05) is 11.9 Å². The summed E-state index contributed by atoms with van der Waals surface area (Å²) in [5.74, 6) is 1.08. The van der Waals surface area contributed by atoms with Gasteiger partial charge in [0.1, 0.15) is 23.4 Å². The number of nitrogens with one attached hydrogen (secondary N) is 1. The number of amides is 1. The molecular weight excluding hydrogens is 495 g/mol. The Hall–Kier alpha value is -2.80. The molecule has 1 fully saturated rings. The van der Waals surface area contributed by atoms with Gasteiger partial charge in [-0.1, -0.05) is 32.3 Å². The third-order valence-electron chi connectivity index (χ3n) is 6.84. The van der Waals surface area contributed by atoms with Crippen molar-refractivity contribution in [3.05, 3.63) is 64.5 Å². The Bertz CT molecular complexity index is 1180. The van der Waals surface area contributed by atoms with E-state index in [1.807, 2.05) is 17.5 Å². The number of hydrogen-bond acceptors (Lipinski definition) is 6. The van der Waals surface area contributed by atoms with E-state index in [2.05, 4.69) is 30.2 Å². The van der Waals surface area contributed by atoms with Crippen LogP contribution in [0.4, 0.5) is 5.82 Å². The van der Waals surface area contributed by atoms with Gasteiger partial charge in [0.05, 0.1) is 12.8 Å². The van der Waals surface area contributed by atoms with Crippen LogP contribution in [0.3, 0.4) is 0 Å². The second kappa shape index (κ2) is 12.0. The number of carbonyl (C=O) groups is 1. The maximum Gasteiger partial charge on any atom is 0.547 e. The van der Waals surface area contributed by atoms with Crippen molar-refractivity contribution < 1.29 is 23.7 Å². The number of nitrogens with zero attached hydrogens (tertiary/aromatic N) is 1. The number of thiophene rings is 1. The highest BCUT2D eigenvalue weighted by Crippen LogP contribution is 2.40. The van der Waals surface area contributed by atoms with Crippen LogP contribution in [-0.4, -0.2) is 28.5 Å². The average Bonchev–Trinajstić information content (AvgIpc) is 3.38. The van der Waals surface area contributed by atoms with Gasteiger partial charge in [-0.2, -0.15) is 4.89 Å². The molecule has 0 bridgehead atoms. The molecule has 4 rings (SSSR count). The summed E-state index contributed by atoms with van der Waals surface area (Å²) >= 11 is 1.69. The summed E-state index contributed by atoms with van der Waals surface area (Å²) in [7, 11) is -2.48. The lowest BCUT2D eigenvalue weighted by Gasteiger charge is -2.38. The van der Waals surface area contributed by atoms with E-state index in [1.165, 1.54) is 42.5 Å². The third kappa shape index (κ3) is 6.90. The summed E-state index contributed by atoms with van der Waals surface area (Å²) < 4.78 is 23.6. The van der Waals surface area contributed by atoms with Gasteiger partial charge in [0.2, 0.25) is 5.30 Å². The van der Waals surface area contributed by atoms with Gasteiger partial charge >= 0.3 is 8.03 Å². The molecule has 9 heteroatoms. The van der Waals surface area contributed by atoms with Gasteiger partial charge in [0.15, 0.2) is 0 Å². The lowest BCUT2D eigenvalue weighted by atomic mass is 9.72. The summed E-state index contributed by atoms with van der Waals surface area (Å²) in [6, 6.07) is 12.3. The highest BCUT2D eigenvalue weighted by Gasteiger charge is 2.34. The Balaban J connectivity index is 1.52. The van der Waals surface area contributed by atoms with Crippen molar-refractivity contribution in [1.29, 1.82) is 0 Å². The zero-order chi connectivity index (χ0) is 25.5. The molecule has 0 aliphatic heterocycles. The molecule has 190 valence electrons. The fourth-order valence-corrected chi connectivity index (χ4v) is 5.50. The number of pyridine rings is 1. The zero-order valence-electron chi connectivity index (χ0n) is 20.6. The van der Waals surface area contributed by atoms with Gasteiger partial charge in [-0.15, -0.1) is 11.3 Å². The molecule has 2 heterocycles. The first-order valence-electron chi connectivity index (χ1n) is 12.2. The molecule has 1 amide bonds. The fraction of sp³-hybridized carbons (Fsp3) is 0.407. The number of benzene rings is 1. The van der Waals surface area contributed by atoms with Gasteiger partial charge in [0.25, 0.3) is 5.91 Å². The van der Waals surface area contributed by atoms with E-state index in [-0.39, 0.29) is 28.5 Å². The molecule has 1 aliphatic carbocycles. The second-order valence-electron chi connectivity index (χ2n) is 9.47. The minimum atomic E-state index is -2.48. The van der Waals surface area contributed by atoms with E-state index in [1.54, 1.807) is 23.5 Å². The van der Waals surface area contributed by atoms with Crippen LogP contribution in [0, 0.1) is 5.41 Å². The first-order chi connectivity index (χ1) is 17.3. The second-order valence-corrected chi connectivity index (χ2v) is 11.6. The minimum absolute atomic E-state index is 0.00949. The van der Waals surface area contributed by atoms with Crippen molar-refractivity contribution in [1.82, 2.24) is 4.98 Å². The monoisotopic (exact) mass is 527 g/mol. The van der Waals surface area contributed by atoms with Gasteiger partial charge in [-0.25, -0.2) is 4.98 Å². The van der Waals surface area contributed by atoms with Crippen LogP contribution in [-0.2, 0) is 11.0 Å². The Labute approximate surface area is 216 Å². The molecule has 3 aromatic rings. The SMILES string of the molecule is CC(Oc1cc(OCCc2cccs2)cc(C(=O)Nc2ccc([P+](=O)O)cn2)c1)C1(C)CCCCC1. The predicted octanol–water partition coefficient (Wildman–Crippen LogP) is 6.11. The quantitative estimate of drug-likeness (QED) is 0.309. The summed E-state index contributed by atoms with van der Waals surface area (Å²) in [5, 5.41) is 4.99. The van der Waals surface area contributed by atoms with Gasteiger partial charge in [-0.05, 0) is 60.0 Å². The van der Waals surface area contributed by atoms with Gasteiger partial charge in [0, 0.05) is 28.3 Å². The van der Waals surface area contributed by atoms with E-state index in [0.29, 0.717) is 23.7 Å².